The summed E-state index contributed by atoms with van der Waals surface area (Å²) in [5.41, 5.74) is 5.42. The molecule has 3 nitrogen and oxygen atoms in total. The molecule has 1 atom stereocenters. The highest BCUT2D eigenvalue weighted by atomic mass is 16.5. The summed E-state index contributed by atoms with van der Waals surface area (Å²) in [5, 5.41) is 0. The van der Waals surface area contributed by atoms with E-state index in [2.05, 4.69) is 6.92 Å². The summed E-state index contributed by atoms with van der Waals surface area (Å²) in [6.45, 7) is 4.16. The molecule has 0 aliphatic carbocycles. The number of nitrogens with two attached hydrogens (primary N) is 1. The van der Waals surface area contributed by atoms with Crippen molar-refractivity contribution in [2.45, 2.75) is 32.3 Å². The Morgan fingerprint density at radius 2 is 2.08 bits per heavy atom. The standard InChI is InChI=1S/C9H21NO2/c1-3-4-5-6-12-8-9(7-10)11-2/h9H,3-8,10H2,1-2H3. The molecule has 12 heavy (non-hydrogen) atoms. The fourth-order valence-corrected chi connectivity index (χ4v) is 0.901. The number of hydrogen-bond donors (Lipinski definition) is 1. The second-order valence-corrected chi connectivity index (χ2v) is 2.88. The molecule has 2 N–H and O–H groups in total. The maximum atomic E-state index is 5.42. The van der Waals surface area contributed by atoms with E-state index in [4.69, 9.17) is 15.2 Å². The van der Waals surface area contributed by atoms with E-state index in [0.717, 1.165) is 13.0 Å². The van der Waals surface area contributed by atoms with Gasteiger partial charge in [-0.05, 0) is 6.42 Å². The molecule has 0 bridgehead atoms. The smallest absolute Gasteiger partial charge is 0.0926 e. The van der Waals surface area contributed by atoms with Crippen LogP contribution in [0, 0.1) is 0 Å². The van der Waals surface area contributed by atoms with Crippen molar-refractivity contribution in [1.29, 1.82) is 0 Å². The van der Waals surface area contributed by atoms with Crippen molar-refractivity contribution in [1.82, 2.24) is 0 Å². The normalized spacial score (nSPS) is 13.2. The molecule has 0 saturated carbocycles. The Kier molecular flexibility index (Phi) is 8.88. The van der Waals surface area contributed by atoms with Crippen LogP contribution >= 0.6 is 0 Å². The predicted octanol–water partition coefficient (Wildman–Crippen LogP) is 1.17. The highest BCUT2D eigenvalue weighted by molar-refractivity contribution is 4.54. The van der Waals surface area contributed by atoms with E-state index in [0.29, 0.717) is 13.2 Å². The third kappa shape index (κ3) is 6.58. The van der Waals surface area contributed by atoms with Crippen molar-refractivity contribution >= 4 is 0 Å². The van der Waals surface area contributed by atoms with Gasteiger partial charge in [0.1, 0.15) is 0 Å². The maximum absolute atomic E-state index is 5.42. The van der Waals surface area contributed by atoms with Crippen LogP contribution in [0.25, 0.3) is 0 Å². The molecule has 0 aromatic carbocycles. The van der Waals surface area contributed by atoms with Gasteiger partial charge >= 0.3 is 0 Å². The van der Waals surface area contributed by atoms with Gasteiger partial charge in [-0.1, -0.05) is 19.8 Å². The number of unbranched alkanes of at least 4 members (excludes halogenated alkanes) is 2. The first-order chi connectivity index (χ1) is 5.85. The maximum Gasteiger partial charge on any atom is 0.0926 e. The van der Waals surface area contributed by atoms with Gasteiger partial charge in [0.2, 0.25) is 0 Å². The van der Waals surface area contributed by atoms with Crippen molar-refractivity contribution in [2.75, 3.05) is 26.9 Å². The van der Waals surface area contributed by atoms with E-state index in [1.54, 1.807) is 7.11 Å². The van der Waals surface area contributed by atoms with Crippen LogP contribution in [0.1, 0.15) is 26.2 Å². The third-order valence-electron chi connectivity index (χ3n) is 1.79. The molecule has 3 heteroatoms. The molecule has 0 aromatic heterocycles. The fraction of sp³-hybridized carbons (Fsp3) is 1.00. The number of ether oxygens (including phenoxy) is 2. The topological polar surface area (TPSA) is 44.5 Å². The molecule has 0 radical (unpaired) electrons. The lowest BCUT2D eigenvalue weighted by molar-refractivity contribution is 0.0124. The Labute approximate surface area is 75.2 Å². The minimum absolute atomic E-state index is 0.0617. The minimum atomic E-state index is 0.0617. The fourth-order valence-electron chi connectivity index (χ4n) is 0.901. The van der Waals surface area contributed by atoms with Crippen LogP contribution in [0.3, 0.4) is 0 Å². The highest BCUT2D eigenvalue weighted by Gasteiger charge is 2.02. The van der Waals surface area contributed by atoms with Gasteiger partial charge in [0.15, 0.2) is 0 Å². The van der Waals surface area contributed by atoms with Gasteiger partial charge in [-0.3, -0.25) is 0 Å². The van der Waals surface area contributed by atoms with Gasteiger partial charge in [-0.15, -0.1) is 0 Å². The van der Waals surface area contributed by atoms with E-state index >= 15 is 0 Å². The van der Waals surface area contributed by atoms with Crippen molar-refractivity contribution in [3.63, 3.8) is 0 Å². The zero-order chi connectivity index (χ0) is 9.23. The quantitative estimate of drug-likeness (QED) is 0.563. The van der Waals surface area contributed by atoms with Crippen LogP contribution in [-0.4, -0.2) is 33.0 Å². The van der Waals surface area contributed by atoms with Crippen molar-refractivity contribution in [3.8, 4) is 0 Å². The average Bonchev–Trinajstić information content (AvgIpc) is 2.11. The van der Waals surface area contributed by atoms with E-state index in [1.807, 2.05) is 0 Å². The first kappa shape index (κ1) is 11.9. The lowest BCUT2D eigenvalue weighted by Gasteiger charge is -2.12. The van der Waals surface area contributed by atoms with Gasteiger partial charge in [0.25, 0.3) is 0 Å². The molecule has 74 valence electrons. The van der Waals surface area contributed by atoms with E-state index in [9.17, 15) is 0 Å². The first-order valence-corrected chi connectivity index (χ1v) is 4.65. The number of methoxy groups -OCH3 is 1. The average molecular weight is 175 g/mol. The third-order valence-corrected chi connectivity index (χ3v) is 1.79. The summed E-state index contributed by atoms with van der Waals surface area (Å²) in [6.07, 6.45) is 3.66. The summed E-state index contributed by atoms with van der Waals surface area (Å²) in [5.74, 6) is 0. The molecule has 0 fully saturated rings. The van der Waals surface area contributed by atoms with Crippen LogP contribution < -0.4 is 5.73 Å². The van der Waals surface area contributed by atoms with Crippen molar-refractivity contribution in [2.24, 2.45) is 5.73 Å². The molecule has 0 aromatic rings. The second kappa shape index (κ2) is 8.97. The Morgan fingerprint density at radius 1 is 1.33 bits per heavy atom. The van der Waals surface area contributed by atoms with Crippen LogP contribution in [0.2, 0.25) is 0 Å². The van der Waals surface area contributed by atoms with E-state index in [-0.39, 0.29) is 6.10 Å². The highest BCUT2D eigenvalue weighted by Crippen LogP contribution is 1.95. The lowest BCUT2D eigenvalue weighted by atomic mass is 10.3. The molecular weight excluding hydrogens is 154 g/mol. The Hall–Kier alpha value is -0.120. The molecule has 0 saturated heterocycles. The summed E-state index contributed by atoms with van der Waals surface area (Å²) in [7, 11) is 1.66. The molecule has 0 aliphatic rings. The molecule has 1 unspecified atom stereocenters. The van der Waals surface area contributed by atoms with Gasteiger partial charge in [-0.25, -0.2) is 0 Å². The molecule has 0 aliphatic heterocycles. The summed E-state index contributed by atoms with van der Waals surface area (Å²) in [6, 6.07) is 0. The second-order valence-electron chi connectivity index (χ2n) is 2.88. The zero-order valence-electron chi connectivity index (χ0n) is 8.21. The zero-order valence-corrected chi connectivity index (χ0v) is 8.21. The van der Waals surface area contributed by atoms with Gasteiger partial charge in [-0.2, -0.15) is 0 Å². The molecule has 0 amide bonds. The molecule has 0 rings (SSSR count). The molecule has 0 spiro atoms. The Morgan fingerprint density at radius 3 is 2.58 bits per heavy atom. The van der Waals surface area contributed by atoms with Crippen LogP contribution in [0.5, 0.6) is 0 Å². The van der Waals surface area contributed by atoms with Crippen molar-refractivity contribution in [3.05, 3.63) is 0 Å². The Bertz CT molecular complexity index is 84.6. The summed E-state index contributed by atoms with van der Waals surface area (Å²) < 4.78 is 10.4. The van der Waals surface area contributed by atoms with Crippen molar-refractivity contribution < 1.29 is 9.47 Å². The van der Waals surface area contributed by atoms with Crippen LogP contribution in [0.4, 0.5) is 0 Å². The largest absolute Gasteiger partial charge is 0.379 e. The molecule has 0 heterocycles. The SMILES string of the molecule is CCCCCOCC(CN)OC. The lowest BCUT2D eigenvalue weighted by Crippen LogP contribution is -2.27. The van der Waals surface area contributed by atoms with E-state index < -0.39 is 0 Å². The summed E-state index contributed by atoms with van der Waals surface area (Å²) in [4.78, 5) is 0. The number of hydrogen-bond acceptors (Lipinski definition) is 3. The monoisotopic (exact) mass is 175 g/mol. The van der Waals surface area contributed by atoms with Gasteiger partial charge in [0.05, 0.1) is 12.7 Å². The first-order valence-electron chi connectivity index (χ1n) is 4.65. The van der Waals surface area contributed by atoms with Gasteiger partial charge in [0, 0.05) is 20.3 Å². The van der Waals surface area contributed by atoms with Crippen LogP contribution in [0.15, 0.2) is 0 Å². The minimum Gasteiger partial charge on any atom is -0.379 e. The van der Waals surface area contributed by atoms with Gasteiger partial charge < -0.3 is 15.2 Å². The predicted molar refractivity (Wildman–Crippen MR) is 50.2 cm³/mol. The van der Waals surface area contributed by atoms with E-state index in [1.165, 1.54) is 12.8 Å². The summed E-state index contributed by atoms with van der Waals surface area (Å²) >= 11 is 0. The number of rotatable bonds is 8. The van der Waals surface area contributed by atoms with Crippen LogP contribution in [-0.2, 0) is 9.47 Å². The Balaban J connectivity index is 3.06. The molecular formula is C9H21NO2.